The molecule has 27 heavy (non-hydrogen) atoms. The van der Waals surface area contributed by atoms with E-state index in [0.29, 0.717) is 28.9 Å². The summed E-state index contributed by atoms with van der Waals surface area (Å²) in [5, 5.41) is 6.45. The molecule has 0 saturated heterocycles. The van der Waals surface area contributed by atoms with Crippen molar-refractivity contribution in [2.24, 2.45) is 0 Å². The number of aromatic nitrogens is 2. The van der Waals surface area contributed by atoms with Gasteiger partial charge in [-0.25, -0.2) is 14.4 Å². The molecule has 2 aromatic carbocycles. The molecule has 0 saturated carbocycles. The zero-order valence-corrected chi connectivity index (χ0v) is 15.6. The number of rotatable bonds is 5. The van der Waals surface area contributed by atoms with E-state index in [-0.39, 0.29) is 17.4 Å². The van der Waals surface area contributed by atoms with E-state index in [1.807, 2.05) is 6.92 Å². The van der Waals surface area contributed by atoms with Crippen LogP contribution in [0.1, 0.15) is 27.3 Å². The van der Waals surface area contributed by atoms with Crippen molar-refractivity contribution in [3.05, 3.63) is 81.9 Å². The molecular formula is C20H18ClFN4O. The van der Waals surface area contributed by atoms with Crippen LogP contribution >= 0.6 is 11.6 Å². The van der Waals surface area contributed by atoms with E-state index in [1.165, 1.54) is 12.1 Å². The zero-order chi connectivity index (χ0) is 19.4. The molecule has 138 valence electrons. The second-order valence-electron chi connectivity index (χ2n) is 6.06. The topological polar surface area (TPSA) is 66.9 Å². The maximum absolute atomic E-state index is 13.0. The molecule has 1 amide bonds. The summed E-state index contributed by atoms with van der Waals surface area (Å²) < 4.78 is 13.0. The van der Waals surface area contributed by atoms with Gasteiger partial charge in [0.25, 0.3) is 5.91 Å². The van der Waals surface area contributed by atoms with Gasteiger partial charge in [0, 0.05) is 22.9 Å². The van der Waals surface area contributed by atoms with Crippen LogP contribution in [0.25, 0.3) is 0 Å². The summed E-state index contributed by atoms with van der Waals surface area (Å²) in [5.41, 5.74) is 3.18. The summed E-state index contributed by atoms with van der Waals surface area (Å²) in [7, 11) is 0. The number of carbonyl (C=O) groups is 1. The van der Waals surface area contributed by atoms with Crippen molar-refractivity contribution in [2.75, 3.05) is 10.6 Å². The molecule has 1 aromatic heterocycles. The number of aryl methyl sites for hydroxylation is 1. The van der Waals surface area contributed by atoms with Gasteiger partial charge in [-0.2, -0.15) is 0 Å². The summed E-state index contributed by atoms with van der Waals surface area (Å²) in [6, 6.07) is 13.0. The van der Waals surface area contributed by atoms with Gasteiger partial charge in [0.15, 0.2) is 0 Å². The number of nitrogens with one attached hydrogen (secondary N) is 2. The smallest absolute Gasteiger partial charge is 0.274 e. The summed E-state index contributed by atoms with van der Waals surface area (Å²) in [6.45, 7) is 4.03. The van der Waals surface area contributed by atoms with Crippen molar-refractivity contribution in [1.82, 2.24) is 9.97 Å². The first-order valence-electron chi connectivity index (χ1n) is 8.33. The van der Waals surface area contributed by atoms with Crippen molar-refractivity contribution in [2.45, 2.75) is 20.4 Å². The molecular weight excluding hydrogens is 367 g/mol. The lowest BCUT2D eigenvalue weighted by atomic mass is 10.2. The number of hydrogen-bond acceptors (Lipinski definition) is 4. The lowest BCUT2D eigenvalue weighted by Crippen LogP contribution is -2.16. The van der Waals surface area contributed by atoms with Gasteiger partial charge in [-0.1, -0.05) is 29.8 Å². The molecule has 0 bridgehead atoms. The summed E-state index contributed by atoms with van der Waals surface area (Å²) in [6.07, 6.45) is 0. The first-order chi connectivity index (χ1) is 12.9. The quantitative estimate of drug-likeness (QED) is 0.666. The number of hydrogen-bond donors (Lipinski definition) is 2. The third kappa shape index (κ3) is 4.80. The van der Waals surface area contributed by atoms with Crippen LogP contribution in [0.5, 0.6) is 0 Å². The van der Waals surface area contributed by atoms with Gasteiger partial charge in [-0.05, 0) is 55.3 Å². The van der Waals surface area contributed by atoms with Crippen LogP contribution in [-0.2, 0) is 6.54 Å². The Labute approximate surface area is 161 Å². The largest absolute Gasteiger partial charge is 0.350 e. The van der Waals surface area contributed by atoms with Gasteiger partial charge in [0.2, 0.25) is 5.95 Å². The molecule has 0 spiro atoms. The van der Waals surface area contributed by atoms with E-state index < -0.39 is 0 Å². The average Bonchev–Trinajstić information content (AvgIpc) is 2.64. The van der Waals surface area contributed by atoms with Crippen molar-refractivity contribution >= 4 is 29.1 Å². The highest BCUT2D eigenvalue weighted by Gasteiger charge is 2.13. The fourth-order valence-corrected chi connectivity index (χ4v) is 2.65. The van der Waals surface area contributed by atoms with Crippen LogP contribution in [0, 0.1) is 19.7 Å². The Balaban J connectivity index is 1.75. The van der Waals surface area contributed by atoms with E-state index in [4.69, 9.17) is 11.6 Å². The van der Waals surface area contributed by atoms with Crippen LogP contribution in [0.4, 0.5) is 16.0 Å². The molecule has 0 fully saturated rings. The van der Waals surface area contributed by atoms with Crippen molar-refractivity contribution in [3.63, 3.8) is 0 Å². The monoisotopic (exact) mass is 384 g/mol. The number of nitrogens with zero attached hydrogens (tertiary/aromatic N) is 2. The van der Waals surface area contributed by atoms with E-state index in [2.05, 4.69) is 20.6 Å². The van der Waals surface area contributed by atoms with Gasteiger partial charge in [0.05, 0.1) is 0 Å². The Morgan fingerprint density at radius 2 is 1.85 bits per heavy atom. The number of anilines is 2. The Hall–Kier alpha value is -2.99. The maximum Gasteiger partial charge on any atom is 0.274 e. The highest BCUT2D eigenvalue weighted by Crippen LogP contribution is 2.23. The van der Waals surface area contributed by atoms with Crippen molar-refractivity contribution in [1.29, 1.82) is 0 Å². The summed E-state index contributed by atoms with van der Waals surface area (Å²) in [4.78, 5) is 21.1. The molecule has 3 rings (SSSR count). The van der Waals surface area contributed by atoms with Crippen LogP contribution in [0.2, 0.25) is 5.02 Å². The molecule has 5 nitrogen and oxygen atoms in total. The van der Waals surface area contributed by atoms with Crippen LogP contribution in [0.15, 0.2) is 48.5 Å². The lowest BCUT2D eigenvalue weighted by molar-refractivity contribution is 0.102. The number of amides is 1. The van der Waals surface area contributed by atoms with Gasteiger partial charge < -0.3 is 10.6 Å². The highest BCUT2D eigenvalue weighted by atomic mass is 35.5. The second kappa shape index (κ2) is 8.14. The molecule has 0 aliphatic carbocycles. The molecule has 0 aliphatic rings. The molecule has 7 heteroatoms. The highest BCUT2D eigenvalue weighted by molar-refractivity contribution is 6.31. The Bertz CT molecular complexity index is 976. The molecule has 0 radical (unpaired) electrons. The molecule has 3 aromatic rings. The fraction of sp³-hybridized carbons (Fsp3) is 0.150. The maximum atomic E-state index is 13.0. The first-order valence-corrected chi connectivity index (χ1v) is 8.70. The number of carbonyl (C=O) groups excluding carboxylic acids is 1. The van der Waals surface area contributed by atoms with Gasteiger partial charge in [-0.3, -0.25) is 4.79 Å². The van der Waals surface area contributed by atoms with E-state index >= 15 is 0 Å². The van der Waals surface area contributed by atoms with Crippen LogP contribution in [-0.4, -0.2) is 15.9 Å². The lowest BCUT2D eigenvalue weighted by Gasteiger charge is -2.11. The predicted octanol–water partition coefficient (Wildman–Crippen LogP) is 4.75. The van der Waals surface area contributed by atoms with Crippen LogP contribution < -0.4 is 10.6 Å². The minimum Gasteiger partial charge on any atom is -0.350 e. The van der Waals surface area contributed by atoms with E-state index in [1.54, 1.807) is 43.3 Å². The SMILES string of the molecule is Cc1cc(C(=O)Nc2cccc(Cl)c2C)nc(NCc2ccc(F)cc2)n1. The van der Waals surface area contributed by atoms with Crippen LogP contribution in [0.3, 0.4) is 0 Å². The number of halogens is 2. The molecule has 0 unspecified atom stereocenters. The Kier molecular flexibility index (Phi) is 5.66. The normalized spacial score (nSPS) is 10.5. The standard InChI is InChI=1S/C20H18ClFN4O/c1-12-10-18(19(27)25-17-5-3-4-16(21)13(17)2)26-20(24-12)23-11-14-6-8-15(22)9-7-14/h3-10H,11H2,1-2H3,(H,25,27)(H,23,24,26). The van der Waals surface area contributed by atoms with E-state index in [0.717, 1.165) is 11.1 Å². The molecule has 1 heterocycles. The summed E-state index contributed by atoms with van der Waals surface area (Å²) in [5.74, 6) is -0.316. The minimum absolute atomic E-state index is 0.239. The fourth-order valence-electron chi connectivity index (χ4n) is 2.48. The Morgan fingerprint density at radius 1 is 1.11 bits per heavy atom. The predicted molar refractivity (Wildman–Crippen MR) is 105 cm³/mol. The average molecular weight is 385 g/mol. The molecule has 2 N–H and O–H groups in total. The minimum atomic E-state index is -0.351. The third-order valence-electron chi connectivity index (χ3n) is 3.97. The molecule has 0 aliphatic heterocycles. The second-order valence-corrected chi connectivity index (χ2v) is 6.47. The first kappa shape index (κ1) is 18.8. The Morgan fingerprint density at radius 3 is 2.59 bits per heavy atom. The zero-order valence-electron chi connectivity index (χ0n) is 14.9. The van der Waals surface area contributed by atoms with Crippen molar-refractivity contribution in [3.8, 4) is 0 Å². The van der Waals surface area contributed by atoms with Gasteiger partial charge in [0.1, 0.15) is 11.5 Å². The van der Waals surface area contributed by atoms with Gasteiger partial charge in [-0.15, -0.1) is 0 Å². The van der Waals surface area contributed by atoms with E-state index in [9.17, 15) is 9.18 Å². The van der Waals surface area contributed by atoms with Crippen molar-refractivity contribution < 1.29 is 9.18 Å². The molecule has 0 atom stereocenters. The summed E-state index contributed by atoms with van der Waals surface area (Å²) >= 11 is 6.09. The van der Waals surface area contributed by atoms with Gasteiger partial charge >= 0.3 is 0 Å². The third-order valence-corrected chi connectivity index (χ3v) is 4.38. The number of benzene rings is 2.